The minimum atomic E-state index is -3.36. The Morgan fingerprint density at radius 2 is 2.18 bits per heavy atom. The number of nitrogens with zero attached hydrogens (tertiary/aromatic N) is 2. The Morgan fingerprint density at radius 3 is 2.71 bits per heavy atom. The van der Waals surface area contributed by atoms with Gasteiger partial charge in [-0.05, 0) is 32.1 Å². The first-order chi connectivity index (χ1) is 7.93. The molecule has 0 radical (unpaired) electrons. The van der Waals surface area contributed by atoms with Crippen molar-refractivity contribution in [3.05, 3.63) is 0 Å². The minimum Gasteiger partial charge on any atom is -0.396 e. The van der Waals surface area contributed by atoms with Crippen LogP contribution in [0.3, 0.4) is 0 Å². The molecule has 2 atom stereocenters. The van der Waals surface area contributed by atoms with Gasteiger partial charge in [-0.25, -0.2) is 0 Å². The van der Waals surface area contributed by atoms with E-state index in [1.807, 2.05) is 13.8 Å². The summed E-state index contributed by atoms with van der Waals surface area (Å²) in [7, 11) is -1.73. The maximum Gasteiger partial charge on any atom is 0.281 e. The second kappa shape index (κ2) is 6.13. The second-order valence-electron chi connectivity index (χ2n) is 4.83. The zero-order valence-electron chi connectivity index (χ0n) is 11.0. The van der Waals surface area contributed by atoms with Crippen LogP contribution in [-0.4, -0.2) is 54.9 Å². The number of piperidine rings is 1. The number of aliphatic hydroxyl groups excluding tert-OH is 1. The Balaban J connectivity index is 2.76. The van der Waals surface area contributed by atoms with Crippen LogP contribution in [0.1, 0.15) is 33.1 Å². The lowest BCUT2D eigenvalue weighted by Crippen LogP contribution is -2.49. The Hall–Kier alpha value is -0.170. The standard InChI is InChI=1S/C11H24N2O3S/c1-4-10(2)12(3)17(15,16)13-7-5-6-11(8-13)9-14/h10-11,14H,4-9H2,1-3H3. The molecule has 0 amide bonds. The van der Waals surface area contributed by atoms with E-state index < -0.39 is 10.2 Å². The van der Waals surface area contributed by atoms with Crippen molar-refractivity contribution >= 4 is 10.2 Å². The van der Waals surface area contributed by atoms with Crippen LogP contribution < -0.4 is 0 Å². The first kappa shape index (κ1) is 14.9. The van der Waals surface area contributed by atoms with Gasteiger partial charge in [0.15, 0.2) is 0 Å². The number of hydrogen-bond donors (Lipinski definition) is 1. The van der Waals surface area contributed by atoms with Gasteiger partial charge in [0, 0.05) is 32.8 Å². The summed E-state index contributed by atoms with van der Waals surface area (Å²) < 4.78 is 27.6. The van der Waals surface area contributed by atoms with E-state index in [1.165, 1.54) is 8.61 Å². The number of hydrogen-bond acceptors (Lipinski definition) is 3. The predicted molar refractivity (Wildman–Crippen MR) is 67.8 cm³/mol. The van der Waals surface area contributed by atoms with E-state index in [1.54, 1.807) is 7.05 Å². The van der Waals surface area contributed by atoms with Crippen LogP contribution in [0.15, 0.2) is 0 Å². The maximum absolute atomic E-state index is 12.3. The van der Waals surface area contributed by atoms with Crippen molar-refractivity contribution < 1.29 is 13.5 Å². The summed E-state index contributed by atoms with van der Waals surface area (Å²) in [5.41, 5.74) is 0. The van der Waals surface area contributed by atoms with Gasteiger partial charge in [0.1, 0.15) is 0 Å². The topological polar surface area (TPSA) is 60.9 Å². The summed E-state index contributed by atoms with van der Waals surface area (Å²) in [5.74, 6) is 0.0869. The fourth-order valence-electron chi connectivity index (χ4n) is 2.05. The van der Waals surface area contributed by atoms with Gasteiger partial charge in [-0.2, -0.15) is 17.0 Å². The molecule has 1 rings (SSSR count). The molecule has 5 nitrogen and oxygen atoms in total. The van der Waals surface area contributed by atoms with E-state index in [4.69, 9.17) is 5.11 Å². The average Bonchev–Trinajstić information content (AvgIpc) is 2.36. The van der Waals surface area contributed by atoms with Gasteiger partial charge in [-0.15, -0.1) is 0 Å². The highest BCUT2D eigenvalue weighted by Crippen LogP contribution is 2.21. The highest BCUT2D eigenvalue weighted by atomic mass is 32.2. The van der Waals surface area contributed by atoms with E-state index in [9.17, 15) is 8.42 Å². The van der Waals surface area contributed by atoms with Gasteiger partial charge >= 0.3 is 0 Å². The molecule has 1 aliphatic rings. The van der Waals surface area contributed by atoms with Gasteiger partial charge in [0.2, 0.25) is 0 Å². The molecule has 1 fully saturated rings. The largest absolute Gasteiger partial charge is 0.396 e. The molecule has 0 aromatic carbocycles. The smallest absolute Gasteiger partial charge is 0.281 e. The molecular weight excluding hydrogens is 240 g/mol. The molecule has 102 valence electrons. The predicted octanol–water partition coefficient (Wildman–Crippen LogP) is 0.666. The molecular formula is C11H24N2O3S. The zero-order valence-corrected chi connectivity index (χ0v) is 11.8. The van der Waals surface area contributed by atoms with Gasteiger partial charge in [-0.3, -0.25) is 0 Å². The summed E-state index contributed by atoms with van der Waals surface area (Å²) >= 11 is 0. The molecule has 0 aliphatic carbocycles. The molecule has 1 saturated heterocycles. The molecule has 0 bridgehead atoms. The van der Waals surface area contributed by atoms with Gasteiger partial charge in [0.25, 0.3) is 10.2 Å². The molecule has 0 spiro atoms. The van der Waals surface area contributed by atoms with Crippen LogP contribution in [-0.2, 0) is 10.2 Å². The summed E-state index contributed by atoms with van der Waals surface area (Å²) in [5, 5.41) is 9.13. The van der Waals surface area contributed by atoms with Crippen LogP contribution in [0.5, 0.6) is 0 Å². The number of rotatable bonds is 5. The third-order valence-corrected chi connectivity index (χ3v) is 5.71. The van der Waals surface area contributed by atoms with Crippen molar-refractivity contribution in [3.8, 4) is 0 Å². The lowest BCUT2D eigenvalue weighted by molar-refractivity contribution is 0.160. The summed E-state index contributed by atoms with van der Waals surface area (Å²) in [6.45, 7) is 4.97. The molecule has 1 N–H and O–H groups in total. The Labute approximate surface area is 105 Å². The zero-order chi connectivity index (χ0) is 13.1. The van der Waals surface area contributed by atoms with Gasteiger partial charge in [-0.1, -0.05) is 6.92 Å². The van der Waals surface area contributed by atoms with E-state index >= 15 is 0 Å². The number of aliphatic hydroxyl groups is 1. The van der Waals surface area contributed by atoms with Crippen LogP contribution in [0.4, 0.5) is 0 Å². The van der Waals surface area contributed by atoms with Crippen molar-refractivity contribution in [2.24, 2.45) is 5.92 Å². The Kier molecular flexibility index (Phi) is 5.37. The Morgan fingerprint density at radius 1 is 1.53 bits per heavy atom. The van der Waals surface area contributed by atoms with E-state index in [2.05, 4.69) is 0 Å². The third kappa shape index (κ3) is 3.40. The maximum atomic E-state index is 12.3. The molecule has 1 aliphatic heterocycles. The van der Waals surface area contributed by atoms with Crippen LogP contribution >= 0.6 is 0 Å². The first-order valence-electron chi connectivity index (χ1n) is 6.27. The molecule has 2 unspecified atom stereocenters. The molecule has 1 heterocycles. The SMILES string of the molecule is CCC(C)N(C)S(=O)(=O)N1CCCC(CO)C1. The molecule has 17 heavy (non-hydrogen) atoms. The molecule has 0 saturated carbocycles. The summed E-state index contributed by atoms with van der Waals surface area (Å²) in [4.78, 5) is 0. The monoisotopic (exact) mass is 264 g/mol. The van der Waals surface area contributed by atoms with Crippen LogP contribution in [0.25, 0.3) is 0 Å². The highest BCUT2D eigenvalue weighted by molar-refractivity contribution is 7.86. The summed E-state index contributed by atoms with van der Waals surface area (Å²) in [6, 6.07) is 0.00880. The highest BCUT2D eigenvalue weighted by Gasteiger charge is 2.33. The van der Waals surface area contributed by atoms with Gasteiger partial charge < -0.3 is 5.11 Å². The quantitative estimate of drug-likeness (QED) is 0.794. The van der Waals surface area contributed by atoms with Crippen LogP contribution in [0.2, 0.25) is 0 Å². The van der Waals surface area contributed by atoms with Crippen molar-refractivity contribution in [1.29, 1.82) is 0 Å². The lowest BCUT2D eigenvalue weighted by atomic mass is 10.0. The minimum absolute atomic E-state index is 0.00880. The Bertz CT molecular complexity index is 332. The van der Waals surface area contributed by atoms with E-state index in [0.717, 1.165) is 19.3 Å². The summed E-state index contributed by atoms with van der Waals surface area (Å²) in [6.07, 6.45) is 2.54. The van der Waals surface area contributed by atoms with Crippen molar-refractivity contribution in [2.75, 3.05) is 26.7 Å². The normalized spacial score (nSPS) is 25.1. The third-order valence-electron chi connectivity index (χ3n) is 3.64. The van der Waals surface area contributed by atoms with E-state index in [0.29, 0.717) is 13.1 Å². The molecule has 0 aromatic rings. The average molecular weight is 264 g/mol. The van der Waals surface area contributed by atoms with Gasteiger partial charge in [0.05, 0.1) is 0 Å². The van der Waals surface area contributed by atoms with Crippen molar-refractivity contribution in [1.82, 2.24) is 8.61 Å². The molecule has 6 heteroatoms. The second-order valence-corrected chi connectivity index (χ2v) is 6.82. The first-order valence-corrected chi connectivity index (χ1v) is 7.67. The fraction of sp³-hybridized carbons (Fsp3) is 1.00. The fourth-order valence-corrected chi connectivity index (χ4v) is 3.78. The van der Waals surface area contributed by atoms with E-state index in [-0.39, 0.29) is 18.6 Å². The van der Waals surface area contributed by atoms with Crippen molar-refractivity contribution in [3.63, 3.8) is 0 Å². The molecule has 0 aromatic heterocycles. The van der Waals surface area contributed by atoms with Crippen LogP contribution in [0, 0.1) is 5.92 Å². The lowest BCUT2D eigenvalue weighted by Gasteiger charge is -2.35. The van der Waals surface area contributed by atoms with Crippen molar-refractivity contribution in [2.45, 2.75) is 39.2 Å².